The molecule has 0 aliphatic rings. The topological polar surface area (TPSA) is 76.8 Å². The van der Waals surface area contributed by atoms with Crippen LogP contribution in [0.25, 0.3) is 0 Å². The highest BCUT2D eigenvalue weighted by molar-refractivity contribution is 7.86. The number of benzene rings is 1. The van der Waals surface area contributed by atoms with Crippen LogP contribution in [0, 0.1) is 5.92 Å². The van der Waals surface area contributed by atoms with Crippen molar-refractivity contribution >= 4 is 16.0 Å². The molecule has 0 saturated carbocycles. The first-order valence-electron chi connectivity index (χ1n) is 7.55. The van der Waals surface area contributed by atoms with Crippen LogP contribution in [-0.2, 0) is 28.0 Å². The zero-order chi connectivity index (χ0) is 17.7. The molecule has 0 radical (unpaired) electrons. The van der Waals surface area contributed by atoms with Crippen molar-refractivity contribution in [3.63, 3.8) is 0 Å². The van der Waals surface area contributed by atoms with E-state index in [1.807, 2.05) is 13.8 Å². The van der Waals surface area contributed by atoms with Crippen LogP contribution in [0.3, 0.4) is 0 Å². The first kappa shape index (κ1) is 18.1. The van der Waals surface area contributed by atoms with Gasteiger partial charge in [0.1, 0.15) is 11.5 Å². The first-order valence-corrected chi connectivity index (χ1v) is 9.36. The Morgan fingerprint density at radius 2 is 1.88 bits per heavy atom. The Hall–Kier alpha value is -2.28. The minimum absolute atomic E-state index is 0.0550. The van der Waals surface area contributed by atoms with E-state index < -0.39 is 10.1 Å². The normalized spacial score (nSPS) is 11.5. The van der Waals surface area contributed by atoms with Crippen LogP contribution < -0.4 is 4.18 Å². The van der Waals surface area contributed by atoms with Crippen LogP contribution in [0.2, 0.25) is 0 Å². The summed E-state index contributed by atoms with van der Waals surface area (Å²) >= 11 is 0. The maximum Gasteiger partial charge on any atom is 0.306 e. The molecule has 0 fully saturated rings. The monoisotopic (exact) mass is 351 g/mol. The Morgan fingerprint density at radius 3 is 2.46 bits per heavy atom. The van der Waals surface area contributed by atoms with Gasteiger partial charge >= 0.3 is 10.1 Å². The van der Waals surface area contributed by atoms with Gasteiger partial charge in [0.2, 0.25) is 5.91 Å². The Kier molecular flexibility index (Phi) is 5.66. The summed E-state index contributed by atoms with van der Waals surface area (Å²) in [4.78, 5) is 14.1. The van der Waals surface area contributed by atoms with Crippen molar-refractivity contribution in [3.05, 3.63) is 54.0 Å². The summed E-state index contributed by atoms with van der Waals surface area (Å²) in [5.74, 6) is 0.634. The minimum atomic E-state index is -3.64. The maximum atomic E-state index is 12.5. The molecule has 130 valence electrons. The molecule has 1 aromatic heterocycles. The molecule has 0 aliphatic carbocycles. The van der Waals surface area contributed by atoms with Gasteiger partial charge in [0.25, 0.3) is 0 Å². The van der Waals surface area contributed by atoms with Gasteiger partial charge < -0.3 is 13.5 Å². The zero-order valence-corrected chi connectivity index (χ0v) is 14.7. The highest BCUT2D eigenvalue weighted by Crippen LogP contribution is 2.23. The van der Waals surface area contributed by atoms with E-state index in [2.05, 4.69) is 0 Å². The number of hydrogen-bond donors (Lipinski definition) is 0. The first-order chi connectivity index (χ1) is 11.3. The largest absolute Gasteiger partial charge is 0.467 e. The molecular weight excluding hydrogens is 330 g/mol. The van der Waals surface area contributed by atoms with E-state index in [0.29, 0.717) is 17.9 Å². The van der Waals surface area contributed by atoms with Crippen molar-refractivity contribution in [1.29, 1.82) is 0 Å². The lowest BCUT2D eigenvalue weighted by Gasteiger charge is -2.24. The molecule has 2 aromatic rings. The van der Waals surface area contributed by atoms with Crippen LogP contribution >= 0.6 is 0 Å². The summed E-state index contributed by atoms with van der Waals surface area (Å²) < 4.78 is 33.2. The molecular formula is C17H21NO5S. The Morgan fingerprint density at radius 1 is 1.17 bits per heavy atom. The molecule has 0 atom stereocenters. The van der Waals surface area contributed by atoms with Gasteiger partial charge in [0, 0.05) is 18.0 Å². The molecule has 0 N–H and O–H groups in total. The molecule has 7 heteroatoms. The van der Waals surface area contributed by atoms with Gasteiger partial charge in [-0.05, 0) is 18.2 Å². The predicted molar refractivity (Wildman–Crippen MR) is 89.7 cm³/mol. The zero-order valence-electron chi connectivity index (χ0n) is 13.9. The van der Waals surface area contributed by atoms with Gasteiger partial charge in [-0.15, -0.1) is 0 Å². The predicted octanol–water partition coefficient (Wildman–Crippen LogP) is 2.80. The average Bonchev–Trinajstić information content (AvgIpc) is 2.99. The molecule has 0 aliphatic heterocycles. The number of hydrogen-bond acceptors (Lipinski definition) is 5. The smallest absolute Gasteiger partial charge is 0.306 e. The van der Waals surface area contributed by atoms with E-state index in [1.165, 1.54) is 0 Å². The third kappa shape index (κ3) is 5.13. The van der Waals surface area contributed by atoms with Gasteiger partial charge in [-0.25, -0.2) is 0 Å². The second kappa shape index (κ2) is 7.53. The van der Waals surface area contributed by atoms with E-state index in [1.54, 1.807) is 47.6 Å². The van der Waals surface area contributed by atoms with Crippen molar-refractivity contribution in [2.24, 2.45) is 5.92 Å². The van der Waals surface area contributed by atoms with E-state index in [-0.39, 0.29) is 24.1 Å². The highest BCUT2D eigenvalue weighted by atomic mass is 32.2. The summed E-state index contributed by atoms with van der Waals surface area (Å²) in [6.45, 7) is 4.16. The fourth-order valence-electron chi connectivity index (χ4n) is 2.25. The lowest BCUT2D eigenvalue weighted by Crippen LogP contribution is -2.33. The number of para-hydroxylation sites is 1. The molecule has 1 aromatic carbocycles. The van der Waals surface area contributed by atoms with Crippen molar-refractivity contribution in [1.82, 2.24) is 4.90 Å². The van der Waals surface area contributed by atoms with Gasteiger partial charge in [-0.1, -0.05) is 32.0 Å². The standard InChI is InChI=1S/C17H21NO5S/c1-13(2)17(19)18(12-15-8-6-10-22-15)11-14-7-4-5-9-16(14)23-24(3,20)21/h4-10,13H,11-12H2,1-3H3. The number of rotatable bonds is 7. The third-order valence-electron chi connectivity index (χ3n) is 3.31. The van der Waals surface area contributed by atoms with E-state index in [0.717, 1.165) is 6.26 Å². The number of carbonyl (C=O) groups is 1. The maximum absolute atomic E-state index is 12.5. The fraction of sp³-hybridized carbons (Fsp3) is 0.353. The van der Waals surface area contributed by atoms with Crippen molar-refractivity contribution in [3.8, 4) is 5.75 Å². The number of nitrogens with zero attached hydrogens (tertiary/aromatic N) is 1. The number of furan rings is 1. The van der Waals surface area contributed by atoms with Gasteiger partial charge in [0.05, 0.1) is 19.1 Å². The molecule has 6 nitrogen and oxygen atoms in total. The van der Waals surface area contributed by atoms with Crippen LogP contribution in [-0.4, -0.2) is 25.5 Å². The van der Waals surface area contributed by atoms with Crippen LogP contribution in [0.4, 0.5) is 0 Å². The van der Waals surface area contributed by atoms with Crippen LogP contribution in [0.15, 0.2) is 47.1 Å². The van der Waals surface area contributed by atoms with E-state index in [4.69, 9.17) is 8.60 Å². The van der Waals surface area contributed by atoms with E-state index in [9.17, 15) is 13.2 Å². The molecule has 0 unspecified atom stereocenters. The number of amides is 1. The minimum Gasteiger partial charge on any atom is -0.467 e. The van der Waals surface area contributed by atoms with Gasteiger partial charge in [-0.3, -0.25) is 4.79 Å². The quantitative estimate of drug-likeness (QED) is 0.717. The highest BCUT2D eigenvalue weighted by Gasteiger charge is 2.21. The summed E-state index contributed by atoms with van der Waals surface area (Å²) in [5, 5.41) is 0. The average molecular weight is 351 g/mol. The van der Waals surface area contributed by atoms with Crippen molar-refractivity contribution in [2.45, 2.75) is 26.9 Å². The Balaban J connectivity index is 2.27. The molecule has 0 saturated heterocycles. The van der Waals surface area contributed by atoms with Gasteiger partial charge in [-0.2, -0.15) is 8.42 Å². The SMILES string of the molecule is CC(C)C(=O)N(Cc1ccco1)Cc1ccccc1OS(C)(=O)=O. The molecule has 0 spiro atoms. The summed E-state index contributed by atoms with van der Waals surface area (Å²) in [6.07, 6.45) is 2.54. The fourth-order valence-corrected chi connectivity index (χ4v) is 2.74. The van der Waals surface area contributed by atoms with E-state index >= 15 is 0 Å². The molecule has 1 heterocycles. The van der Waals surface area contributed by atoms with Crippen molar-refractivity contribution in [2.75, 3.05) is 6.26 Å². The second-order valence-electron chi connectivity index (χ2n) is 5.82. The lowest BCUT2D eigenvalue weighted by atomic mass is 10.1. The Bertz CT molecular complexity index is 781. The molecule has 1 amide bonds. The Labute approximate surface area is 142 Å². The molecule has 24 heavy (non-hydrogen) atoms. The third-order valence-corrected chi connectivity index (χ3v) is 3.79. The summed E-state index contributed by atoms with van der Waals surface area (Å²) in [5.41, 5.74) is 0.614. The summed E-state index contributed by atoms with van der Waals surface area (Å²) in [6, 6.07) is 10.3. The summed E-state index contributed by atoms with van der Waals surface area (Å²) in [7, 11) is -3.64. The second-order valence-corrected chi connectivity index (χ2v) is 7.40. The van der Waals surface area contributed by atoms with Crippen LogP contribution in [0.5, 0.6) is 5.75 Å². The van der Waals surface area contributed by atoms with Crippen LogP contribution in [0.1, 0.15) is 25.2 Å². The molecule has 0 bridgehead atoms. The number of carbonyl (C=O) groups excluding carboxylic acids is 1. The van der Waals surface area contributed by atoms with Gasteiger partial charge in [0.15, 0.2) is 0 Å². The lowest BCUT2D eigenvalue weighted by molar-refractivity contribution is -0.136. The van der Waals surface area contributed by atoms with Crippen molar-refractivity contribution < 1.29 is 21.8 Å². The molecule has 2 rings (SSSR count).